The van der Waals surface area contributed by atoms with Crippen molar-refractivity contribution >= 4 is 0 Å². The standard InChI is InChI=1S/C63H42N4/c1-6-20-43(21-7-1)57-41-58(65-61(64-57)44-22-8-2-9-23-44)48-28-18-26-46(38-48)47-27-19-29-49(39-47)59-42-60(67-62(66-59)45-24-10-3-11-25-45)50-36-37-54-53-34-16-17-35-55(53)63(56(54)40-50,51-30-12-4-13-31-51)52-32-14-5-15-33-52/h1-42H. The van der Waals surface area contributed by atoms with E-state index in [1.165, 1.54) is 33.4 Å². The van der Waals surface area contributed by atoms with Gasteiger partial charge in [-0.25, -0.2) is 19.9 Å². The van der Waals surface area contributed by atoms with Crippen LogP contribution in [0, 0.1) is 0 Å². The number of hydrogen-bond acceptors (Lipinski definition) is 4. The van der Waals surface area contributed by atoms with Crippen LogP contribution in [0.4, 0.5) is 0 Å². The minimum absolute atomic E-state index is 0.524. The zero-order valence-electron chi connectivity index (χ0n) is 36.5. The Morgan fingerprint density at radius 2 is 0.582 bits per heavy atom. The minimum Gasteiger partial charge on any atom is -0.228 e. The van der Waals surface area contributed by atoms with Crippen molar-refractivity contribution in [3.8, 4) is 90.1 Å². The lowest BCUT2D eigenvalue weighted by Crippen LogP contribution is -2.28. The van der Waals surface area contributed by atoms with E-state index >= 15 is 0 Å². The lowest BCUT2D eigenvalue weighted by Gasteiger charge is -2.34. The Hall–Kier alpha value is -8.86. The number of nitrogens with zero attached hydrogens (tertiary/aromatic N) is 4. The molecular weight excluding hydrogens is 813 g/mol. The number of aromatic nitrogens is 4. The predicted molar refractivity (Wildman–Crippen MR) is 273 cm³/mol. The van der Waals surface area contributed by atoms with Crippen molar-refractivity contribution in [1.82, 2.24) is 19.9 Å². The van der Waals surface area contributed by atoms with Crippen LogP contribution >= 0.6 is 0 Å². The molecule has 0 bridgehead atoms. The van der Waals surface area contributed by atoms with E-state index in [9.17, 15) is 0 Å². The average molecular weight is 855 g/mol. The summed E-state index contributed by atoms with van der Waals surface area (Å²) in [6.45, 7) is 0. The molecule has 12 rings (SSSR count). The maximum atomic E-state index is 5.33. The second-order valence-electron chi connectivity index (χ2n) is 17.0. The van der Waals surface area contributed by atoms with Crippen LogP contribution in [0.3, 0.4) is 0 Å². The van der Waals surface area contributed by atoms with Gasteiger partial charge in [-0.05, 0) is 74.8 Å². The van der Waals surface area contributed by atoms with E-state index in [1.54, 1.807) is 0 Å². The summed E-state index contributed by atoms with van der Waals surface area (Å²) in [4.78, 5) is 20.8. The zero-order valence-corrected chi connectivity index (χ0v) is 36.5. The molecule has 2 aromatic heterocycles. The van der Waals surface area contributed by atoms with Gasteiger partial charge in [0, 0.05) is 33.4 Å². The predicted octanol–water partition coefficient (Wildman–Crippen LogP) is 15.3. The monoisotopic (exact) mass is 854 g/mol. The summed E-state index contributed by atoms with van der Waals surface area (Å²) in [5.74, 6) is 1.37. The normalized spacial score (nSPS) is 12.3. The first-order valence-corrected chi connectivity index (χ1v) is 22.7. The molecule has 0 aliphatic heterocycles. The summed E-state index contributed by atoms with van der Waals surface area (Å²) in [5, 5.41) is 0. The Morgan fingerprint density at radius 3 is 1.07 bits per heavy atom. The average Bonchev–Trinajstić information content (AvgIpc) is 3.72. The minimum atomic E-state index is -0.524. The highest BCUT2D eigenvalue weighted by atomic mass is 14.9. The number of hydrogen-bond donors (Lipinski definition) is 0. The first kappa shape index (κ1) is 39.7. The van der Waals surface area contributed by atoms with Crippen LogP contribution in [-0.4, -0.2) is 19.9 Å². The highest BCUT2D eigenvalue weighted by Gasteiger charge is 2.46. The van der Waals surface area contributed by atoms with Gasteiger partial charge in [0.15, 0.2) is 11.6 Å². The molecule has 314 valence electrons. The van der Waals surface area contributed by atoms with Crippen LogP contribution in [-0.2, 0) is 5.41 Å². The van der Waals surface area contributed by atoms with Crippen molar-refractivity contribution in [3.63, 3.8) is 0 Å². The van der Waals surface area contributed by atoms with Gasteiger partial charge in [-0.3, -0.25) is 0 Å². The summed E-state index contributed by atoms with van der Waals surface area (Å²) in [6, 6.07) is 89.9. The summed E-state index contributed by atoms with van der Waals surface area (Å²) in [5.41, 5.74) is 18.5. The van der Waals surface area contributed by atoms with Gasteiger partial charge in [0.25, 0.3) is 0 Å². The lowest BCUT2D eigenvalue weighted by molar-refractivity contribution is 0.768. The Labute approximate surface area is 390 Å². The molecule has 0 spiro atoms. The first-order chi connectivity index (χ1) is 33.2. The summed E-state index contributed by atoms with van der Waals surface area (Å²) >= 11 is 0. The van der Waals surface area contributed by atoms with Crippen LogP contribution < -0.4 is 0 Å². The molecule has 4 nitrogen and oxygen atoms in total. The molecule has 0 atom stereocenters. The molecule has 0 unspecified atom stereocenters. The fourth-order valence-electron chi connectivity index (χ4n) is 9.85. The van der Waals surface area contributed by atoms with E-state index in [1.807, 2.05) is 54.6 Å². The fourth-order valence-corrected chi connectivity index (χ4v) is 9.85. The van der Waals surface area contributed by atoms with Crippen molar-refractivity contribution < 1.29 is 0 Å². The lowest BCUT2D eigenvalue weighted by atomic mass is 9.67. The molecule has 0 radical (unpaired) electrons. The van der Waals surface area contributed by atoms with Gasteiger partial charge < -0.3 is 0 Å². The van der Waals surface area contributed by atoms with Crippen LogP contribution in [0.1, 0.15) is 22.3 Å². The maximum absolute atomic E-state index is 5.33. The Kier molecular flexibility index (Phi) is 10.0. The SMILES string of the molecule is c1ccc(-c2cc(-c3cccc(-c4cccc(-c5cc(-c6ccc7c(c6)C(c6ccccc6)(c6ccccc6)c6ccccc6-7)nc(-c6ccccc6)n5)c4)c3)nc(-c3ccccc3)n2)cc1. The third kappa shape index (κ3) is 7.22. The molecule has 0 saturated heterocycles. The third-order valence-electron chi connectivity index (χ3n) is 13.0. The van der Waals surface area contributed by atoms with Gasteiger partial charge in [0.05, 0.1) is 28.2 Å². The van der Waals surface area contributed by atoms with Gasteiger partial charge >= 0.3 is 0 Å². The third-order valence-corrected chi connectivity index (χ3v) is 13.0. The van der Waals surface area contributed by atoms with Gasteiger partial charge in [0.2, 0.25) is 0 Å². The molecular formula is C63H42N4. The smallest absolute Gasteiger partial charge is 0.160 e. The van der Waals surface area contributed by atoms with Crippen LogP contribution in [0.5, 0.6) is 0 Å². The van der Waals surface area contributed by atoms with Gasteiger partial charge in [-0.15, -0.1) is 0 Å². The fraction of sp³-hybridized carbons (Fsp3) is 0.0159. The molecule has 1 aliphatic rings. The van der Waals surface area contributed by atoms with Crippen molar-refractivity contribution in [2.75, 3.05) is 0 Å². The molecule has 0 fully saturated rings. The topological polar surface area (TPSA) is 51.6 Å². The van der Waals surface area contributed by atoms with Gasteiger partial charge in [0.1, 0.15) is 0 Å². The number of benzene rings is 9. The second-order valence-corrected chi connectivity index (χ2v) is 17.0. The zero-order chi connectivity index (χ0) is 44.6. The molecule has 67 heavy (non-hydrogen) atoms. The number of rotatable bonds is 9. The molecule has 1 aliphatic carbocycles. The van der Waals surface area contributed by atoms with E-state index in [2.05, 4.69) is 200 Å². The van der Waals surface area contributed by atoms with Gasteiger partial charge in [-0.2, -0.15) is 0 Å². The summed E-state index contributed by atoms with van der Waals surface area (Å²) < 4.78 is 0. The molecule has 0 saturated carbocycles. The van der Waals surface area contributed by atoms with Crippen LogP contribution in [0.15, 0.2) is 255 Å². The van der Waals surface area contributed by atoms with E-state index in [0.29, 0.717) is 11.6 Å². The van der Waals surface area contributed by atoms with E-state index in [0.717, 1.165) is 67.3 Å². The van der Waals surface area contributed by atoms with E-state index in [4.69, 9.17) is 19.9 Å². The van der Waals surface area contributed by atoms with Crippen LogP contribution in [0.25, 0.3) is 90.1 Å². The Balaban J connectivity index is 0.980. The molecule has 9 aromatic carbocycles. The number of fused-ring (bicyclic) bond motifs is 3. The van der Waals surface area contributed by atoms with Crippen LogP contribution in [0.2, 0.25) is 0 Å². The Morgan fingerprint density at radius 1 is 0.224 bits per heavy atom. The van der Waals surface area contributed by atoms with Crippen molar-refractivity contribution in [1.29, 1.82) is 0 Å². The quantitative estimate of drug-likeness (QED) is 0.145. The van der Waals surface area contributed by atoms with Gasteiger partial charge in [-0.1, -0.05) is 224 Å². The second kappa shape index (κ2) is 16.9. The molecule has 0 amide bonds. The Bertz CT molecular complexity index is 3460. The summed E-state index contributed by atoms with van der Waals surface area (Å²) in [6.07, 6.45) is 0. The van der Waals surface area contributed by atoms with E-state index in [-0.39, 0.29) is 0 Å². The largest absolute Gasteiger partial charge is 0.228 e. The van der Waals surface area contributed by atoms with Crippen molar-refractivity contribution in [2.24, 2.45) is 0 Å². The summed E-state index contributed by atoms with van der Waals surface area (Å²) in [7, 11) is 0. The molecule has 0 N–H and O–H groups in total. The highest BCUT2D eigenvalue weighted by molar-refractivity contribution is 5.89. The first-order valence-electron chi connectivity index (χ1n) is 22.7. The molecule has 2 heterocycles. The molecule has 11 aromatic rings. The van der Waals surface area contributed by atoms with Crippen molar-refractivity contribution in [3.05, 3.63) is 277 Å². The molecule has 4 heteroatoms. The van der Waals surface area contributed by atoms with E-state index < -0.39 is 5.41 Å². The highest BCUT2D eigenvalue weighted by Crippen LogP contribution is 2.56. The maximum Gasteiger partial charge on any atom is 0.160 e. The van der Waals surface area contributed by atoms with Crippen molar-refractivity contribution in [2.45, 2.75) is 5.41 Å².